The Balaban J connectivity index is 2.00. The maximum absolute atomic E-state index is 14.5. The second-order valence-electron chi connectivity index (χ2n) is 6.32. The van der Waals surface area contributed by atoms with Gasteiger partial charge in [0.15, 0.2) is 0 Å². The molecule has 2 atom stereocenters. The van der Waals surface area contributed by atoms with Crippen molar-refractivity contribution in [3.8, 4) is 5.69 Å². The van der Waals surface area contributed by atoms with Crippen molar-refractivity contribution in [1.82, 2.24) is 20.0 Å². The second kappa shape index (κ2) is 8.65. The van der Waals surface area contributed by atoms with Crippen molar-refractivity contribution in [3.05, 3.63) is 71.8 Å². The van der Waals surface area contributed by atoms with Gasteiger partial charge in [0.1, 0.15) is 23.6 Å². The number of rotatable bonds is 7. The van der Waals surface area contributed by atoms with E-state index >= 15 is 0 Å². The van der Waals surface area contributed by atoms with Crippen LogP contribution in [0.2, 0.25) is 0 Å². The van der Waals surface area contributed by atoms with E-state index in [4.69, 9.17) is 5.73 Å². The molecule has 2 aromatic heterocycles. The zero-order chi connectivity index (χ0) is 20.9. The SMILES string of the molecule is CC(c1cn(-c2cccnc2)nn1)C(O)(CN=CN=CN)c1ccc(F)cc1F. The topological polar surface area (TPSA) is 115 Å². The minimum atomic E-state index is -1.84. The molecule has 0 bridgehead atoms. The molecule has 0 aliphatic rings. The van der Waals surface area contributed by atoms with E-state index in [2.05, 4.69) is 25.3 Å². The highest BCUT2D eigenvalue weighted by molar-refractivity contribution is 5.69. The third-order valence-corrected chi connectivity index (χ3v) is 4.55. The van der Waals surface area contributed by atoms with Crippen LogP contribution in [-0.4, -0.2) is 44.3 Å². The quantitative estimate of drug-likeness (QED) is 0.465. The van der Waals surface area contributed by atoms with Gasteiger partial charge in [-0.05, 0) is 18.2 Å². The van der Waals surface area contributed by atoms with Gasteiger partial charge in [0.25, 0.3) is 0 Å². The number of pyridine rings is 1. The van der Waals surface area contributed by atoms with Gasteiger partial charge in [-0.1, -0.05) is 18.2 Å². The highest BCUT2D eigenvalue weighted by atomic mass is 19.1. The first-order valence-electron chi connectivity index (χ1n) is 8.68. The Morgan fingerprint density at radius 2 is 2.17 bits per heavy atom. The van der Waals surface area contributed by atoms with Crippen LogP contribution >= 0.6 is 0 Å². The Labute approximate surface area is 165 Å². The molecule has 150 valence electrons. The minimum absolute atomic E-state index is 0.115. The van der Waals surface area contributed by atoms with E-state index in [-0.39, 0.29) is 12.1 Å². The second-order valence-corrected chi connectivity index (χ2v) is 6.32. The number of nitrogens with two attached hydrogens (primary N) is 1. The lowest BCUT2D eigenvalue weighted by Crippen LogP contribution is -2.37. The molecule has 2 heterocycles. The summed E-state index contributed by atoms with van der Waals surface area (Å²) in [5.41, 5.74) is 4.27. The van der Waals surface area contributed by atoms with Crippen LogP contribution in [0, 0.1) is 11.6 Å². The van der Waals surface area contributed by atoms with E-state index in [0.717, 1.165) is 18.7 Å². The van der Waals surface area contributed by atoms with Crippen molar-refractivity contribution < 1.29 is 13.9 Å². The molecule has 29 heavy (non-hydrogen) atoms. The summed E-state index contributed by atoms with van der Waals surface area (Å²) in [5, 5.41) is 19.6. The van der Waals surface area contributed by atoms with Crippen molar-refractivity contribution in [3.63, 3.8) is 0 Å². The molecule has 3 aromatic rings. The fourth-order valence-corrected chi connectivity index (χ4v) is 2.90. The Hall–Kier alpha value is -3.53. The molecule has 0 aliphatic carbocycles. The number of aliphatic imine (C=N–C) groups is 2. The maximum Gasteiger partial charge on any atom is 0.132 e. The van der Waals surface area contributed by atoms with Gasteiger partial charge in [0.2, 0.25) is 0 Å². The monoisotopic (exact) mass is 399 g/mol. The van der Waals surface area contributed by atoms with Crippen LogP contribution in [0.15, 0.2) is 58.9 Å². The number of hydrogen-bond donors (Lipinski definition) is 2. The van der Waals surface area contributed by atoms with Gasteiger partial charge in [0.05, 0.1) is 36.7 Å². The van der Waals surface area contributed by atoms with Gasteiger partial charge in [-0.25, -0.2) is 18.5 Å². The summed E-state index contributed by atoms with van der Waals surface area (Å²) < 4.78 is 29.4. The molecule has 0 spiro atoms. The largest absolute Gasteiger partial charge is 0.390 e. The molecule has 1 aromatic carbocycles. The van der Waals surface area contributed by atoms with Crippen LogP contribution in [0.1, 0.15) is 24.1 Å². The first kappa shape index (κ1) is 20.2. The fourth-order valence-electron chi connectivity index (χ4n) is 2.90. The van der Waals surface area contributed by atoms with Gasteiger partial charge < -0.3 is 10.8 Å². The molecule has 0 amide bonds. The Bertz CT molecular complexity index is 1020. The van der Waals surface area contributed by atoms with E-state index in [1.165, 1.54) is 10.7 Å². The molecule has 0 aliphatic heterocycles. The molecule has 0 saturated heterocycles. The molecular weight excluding hydrogens is 380 g/mol. The van der Waals surface area contributed by atoms with Crippen LogP contribution in [0.4, 0.5) is 8.78 Å². The normalized spacial score (nSPS) is 15.0. The van der Waals surface area contributed by atoms with E-state index in [1.54, 1.807) is 37.6 Å². The summed E-state index contributed by atoms with van der Waals surface area (Å²) in [6.07, 6.45) is 7.01. The molecule has 0 radical (unpaired) electrons. The molecule has 3 N–H and O–H groups in total. The third kappa shape index (κ3) is 4.32. The summed E-state index contributed by atoms with van der Waals surface area (Å²) in [7, 11) is 0. The molecular formula is C19H19F2N7O. The van der Waals surface area contributed by atoms with Gasteiger partial charge in [0, 0.05) is 23.7 Å². The number of benzene rings is 1. The van der Waals surface area contributed by atoms with Gasteiger partial charge in [-0.2, -0.15) is 0 Å². The number of hydrogen-bond acceptors (Lipinski definition) is 5. The van der Waals surface area contributed by atoms with E-state index in [1.807, 2.05) is 0 Å². The van der Waals surface area contributed by atoms with Crippen molar-refractivity contribution in [2.45, 2.75) is 18.4 Å². The van der Waals surface area contributed by atoms with Crippen LogP contribution < -0.4 is 5.73 Å². The number of halogens is 2. The highest BCUT2D eigenvalue weighted by Crippen LogP contribution is 2.38. The first-order valence-corrected chi connectivity index (χ1v) is 8.68. The van der Waals surface area contributed by atoms with Crippen molar-refractivity contribution >= 4 is 12.7 Å². The van der Waals surface area contributed by atoms with E-state index in [0.29, 0.717) is 17.4 Å². The van der Waals surface area contributed by atoms with Crippen LogP contribution in [-0.2, 0) is 5.60 Å². The standard InChI is InChI=1S/C19H19F2N7O/c1-13(18-9-28(27-26-18)15-3-2-6-23-8-15)19(29,10-24-12-25-11-22)16-5-4-14(20)7-17(16)21/h2-9,11-13,29H,10H2,1H3,(H2,22,24,25). The van der Waals surface area contributed by atoms with Crippen LogP contribution in [0.5, 0.6) is 0 Å². The summed E-state index contributed by atoms with van der Waals surface area (Å²) in [5.74, 6) is -2.39. The minimum Gasteiger partial charge on any atom is -0.390 e. The van der Waals surface area contributed by atoms with Gasteiger partial charge >= 0.3 is 0 Å². The molecule has 2 unspecified atom stereocenters. The number of nitrogens with zero attached hydrogens (tertiary/aromatic N) is 6. The molecule has 0 fully saturated rings. The zero-order valence-electron chi connectivity index (χ0n) is 15.5. The molecule has 10 heteroatoms. The zero-order valence-corrected chi connectivity index (χ0v) is 15.5. The lowest BCUT2D eigenvalue weighted by atomic mass is 9.80. The Morgan fingerprint density at radius 3 is 2.86 bits per heavy atom. The predicted octanol–water partition coefficient (Wildman–Crippen LogP) is 1.95. The van der Waals surface area contributed by atoms with Crippen molar-refractivity contribution in [1.29, 1.82) is 0 Å². The molecule has 3 rings (SSSR count). The fraction of sp³-hybridized carbons (Fsp3) is 0.211. The van der Waals surface area contributed by atoms with E-state index < -0.39 is 23.2 Å². The predicted molar refractivity (Wildman–Crippen MR) is 104 cm³/mol. The first-order chi connectivity index (χ1) is 14.0. The summed E-state index contributed by atoms with van der Waals surface area (Å²) >= 11 is 0. The molecule has 0 saturated carbocycles. The molecule has 8 nitrogen and oxygen atoms in total. The average molecular weight is 399 g/mol. The summed E-state index contributed by atoms with van der Waals surface area (Å²) in [6.45, 7) is 1.40. The van der Waals surface area contributed by atoms with E-state index in [9.17, 15) is 13.9 Å². The highest BCUT2D eigenvalue weighted by Gasteiger charge is 2.40. The van der Waals surface area contributed by atoms with Crippen LogP contribution in [0.3, 0.4) is 0 Å². The number of aliphatic hydroxyl groups is 1. The number of aromatic nitrogens is 4. The van der Waals surface area contributed by atoms with Gasteiger partial charge in [-0.15, -0.1) is 5.10 Å². The smallest absolute Gasteiger partial charge is 0.132 e. The van der Waals surface area contributed by atoms with Crippen molar-refractivity contribution in [2.24, 2.45) is 15.7 Å². The summed E-state index contributed by atoms with van der Waals surface area (Å²) in [6, 6.07) is 6.51. The third-order valence-electron chi connectivity index (χ3n) is 4.55. The Kier molecular flexibility index (Phi) is 6.03. The lowest BCUT2D eigenvalue weighted by molar-refractivity contribution is 0.0175. The maximum atomic E-state index is 14.5. The summed E-state index contributed by atoms with van der Waals surface area (Å²) in [4.78, 5) is 11.7. The lowest BCUT2D eigenvalue weighted by Gasteiger charge is -2.32. The Morgan fingerprint density at radius 1 is 1.34 bits per heavy atom. The average Bonchev–Trinajstić information content (AvgIpc) is 3.21. The van der Waals surface area contributed by atoms with Crippen molar-refractivity contribution in [2.75, 3.05) is 6.54 Å². The van der Waals surface area contributed by atoms with Gasteiger partial charge in [-0.3, -0.25) is 9.98 Å². The van der Waals surface area contributed by atoms with Crippen LogP contribution in [0.25, 0.3) is 5.69 Å².